The molecule has 2 aromatic carbocycles. The minimum atomic E-state index is -0.717. The van der Waals surface area contributed by atoms with E-state index >= 15 is 0 Å². The molecule has 5 heteroatoms. The van der Waals surface area contributed by atoms with Crippen molar-refractivity contribution >= 4 is 16.9 Å². The van der Waals surface area contributed by atoms with Crippen molar-refractivity contribution in [3.63, 3.8) is 0 Å². The molecule has 0 spiro atoms. The van der Waals surface area contributed by atoms with Gasteiger partial charge >= 0.3 is 6.16 Å². The highest BCUT2D eigenvalue weighted by Gasteiger charge is 2.16. The quantitative estimate of drug-likeness (QED) is 0.455. The van der Waals surface area contributed by atoms with Gasteiger partial charge in [0, 0.05) is 16.8 Å². The van der Waals surface area contributed by atoms with Crippen molar-refractivity contribution < 1.29 is 23.7 Å². The van der Waals surface area contributed by atoms with Gasteiger partial charge in [0.1, 0.15) is 5.75 Å². The zero-order chi connectivity index (χ0) is 15.9. The fraction of sp³-hybridized carbons (Fsp3) is 0.353. The predicted molar refractivity (Wildman–Crippen MR) is 83.9 cm³/mol. The third-order valence-electron chi connectivity index (χ3n) is 3.26. The molecule has 0 aromatic heterocycles. The van der Waals surface area contributed by atoms with Crippen molar-refractivity contribution in [1.29, 1.82) is 0 Å². The number of methoxy groups -OCH3 is 2. The molecular formula is C17H20O5. The van der Waals surface area contributed by atoms with E-state index in [1.807, 2.05) is 31.2 Å². The van der Waals surface area contributed by atoms with Crippen LogP contribution in [-0.4, -0.2) is 27.0 Å². The van der Waals surface area contributed by atoms with E-state index in [0.29, 0.717) is 23.9 Å². The Balaban J connectivity index is 2.35. The van der Waals surface area contributed by atoms with Crippen LogP contribution in [-0.2, 0) is 4.74 Å². The van der Waals surface area contributed by atoms with Crippen LogP contribution >= 0.6 is 0 Å². The van der Waals surface area contributed by atoms with Crippen LogP contribution in [0.3, 0.4) is 0 Å². The SMILES string of the molecule is CCCCOC(=O)Oc1cc(OC)c(OC)c2ccccc12. The standard InChI is InChI=1S/C17H20O5/c1-4-5-10-21-17(18)22-14-11-15(19-2)16(20-3)13-9-7-6-8-12(13)14/h6-9,11H,4-5,10H2,1-3H3. The van der Waals surface area contributed by atoms with Crippen LogP contribution in [0.15, 0.2) is 30.3 Å². The molecule has 0 unspecified atom stereocenters. The molecule has 0 aliphatic heterocycles. The topological polar surface area (TPSA) is 54.0 Å². The van der Waals surface area contributed by atoms with Gasteiger partial charge in [0.05, 0.1) is 20.8 Å². The molecule has 0 bridgehead atoms. The van der Waals surface area contributed by atoms with E-state index in [0.717, 1.165) is 23.6 Å². The van der Waals surface area contributed by atoms with Crippen LogP contribution in [0.4, 0.5) is 4.79 Å². The fourth-order valence-corrected chi connectivity index (χ4v) is 2.16. The molecule has 0 heterocycles. The number of ether oxygens (including phenoxy) is 4. The molecule has 0 aliphatic rings. The third-order valence-corrected chi connectivity index (χ3v) is 3.26. The summed E-state index contributed by atoms with van der Waals surface area (Å²) in [5, 5.41) is 1.56. The maximum atomic E-state index is 11.8. The zero-order valence-electron chi connectivity index (χ0n) is 13.0. The van der Waals surface area contributed by atoms with Gasteiger partial charge in [-0.3, -0.25) is 0 Å². The first kappa shape index (κ1) is 15.9. The van der Waals surface area contributed by atoms with E-state index in [9.17, 15) is 4.79 Å². The number of fused-ring (bicyclic) bond motifs is 1. The number of hydrogen-bond donors (Lipinski definition) is 0. The van der Waals surface area contributed by atoms with Crippen molar-refractivity contribution in [2.75, 3.05) is 20.8 Å². The lowest BCUT2D eigenvalue weighted by Crippen LogP contribution is -2.11. The van der Waals surface area contributed by atoms with Gasteiger partial charge < -0.3 is 18.9 Å². The van der Waals surface area contributed by atoms with Gasteiger partial charge in [0.2, 0.25) is 0 Å². The molecule has 2 rings (SSSR count). The fourth-order valence-electron chi connectivity index (χ4n) is 2.16. The van der Waals surface area contributed by atoms with Gasteiger partial charge in [-0.25, -0.2) is 4.79 Å². The number of benzene rings is 2. The van der Waals surface area contributed by atoms with Crippen molar-refractivity contribution in [1.82, 2.24) is 0 Å². The summed E-state index contributed by atoms with van der Waals surface area (Å²) in [5.41, 5.74) is 0. The second-order valence-electron chi connectivity index (χ2n) is 4.71. The van der Waals surface area contributed by atoms with Crippen molar-refractivity contribution in [2.45, 2.75) is 19.8 Å². The Morgan fingerprint density at radius 1 is 1.05 bits per heavy atom. The number of rotatable bonds is 6. The summed E-state index contributed by atoms with van der Waals surface area (Å²) >= 11 is 0. The van der Waals surface area contributed by atoms with Gasteiger partial charge in [0.25, 0.3) is 0 Å². The van der Waals surface area contributed by atoms with Gasteiger partial charge in [0.15, 0.2) is 11.5 Å². The van der Waals surface area contributed by atoms with Crippen LogP contribution in [0.25, 0.3) is 10.8 Å². The maximum Gasteiger partial charge on any atom is 0.513 e. The summed E-state index contributed by atoms with van der Waals surface area (Å²) in [6.45, 7) is 2.37. The number of carbonyl (C=O) groups excluding carboxylic acids is 1. The van der Waals surface area contributed by atoms with Crippen molar-refractivity contribution in [3.8, 4) is 17.2 Å². The van der Waals surface area contributed by atoms with Crippen LogP contribution in [0.2, 0.25) is 0 Å². The number of carbonyl (C=O) groups is 1. The average molecular weight is 304 g/mol. The molecule has 5 nitrogen and oxygen atoms in total. The summed E-state index contributed by atoms with van der Waals surface area (Å²) in [4.78, 5) is 11.8. The third kappa shape index (κ3) is 3.42. The maximum absolute atomic E-state index is 11.8. The molecule has 22 heavy (non-hydrogen) atoms. The molecule has 0 amide bonds. The smallest absolute Gasteiger partial charge is 0.493 e. The Hall–Kier alpha value is -2.43. The van der Waals surface area contributed by atoms with Crippen molar-refractivity contribution in [3.05, 3.63) is 30.3 Å². The van der Waals surface area contributed by atoms with E-state index in [2.05, 4.69) is 0 Å². The largest absolute Gasteiger partial charge is 0.513 e. The molecular weight excluding hydrogens is 284 g/mol. The first-order valence-corrected chi connectivity index (χ1v) is 7.19. The Kier molecular flexibility index (Phi) is 5.47. The van der Waals surface area contributed by atoms with Gasteiger partial charge in [-0.2, -0.15) is 0 Å². The summed E-state index contributed by atoms with van der Waals surface area (Å²) in [6.07, 6.45) is 1.04. The van der Waals surface area contributed by atoms with Crippen molar-refractivity contribution in [2.24, 2.45) is 0 Å². The molecule has 0 radical (unpaired) electrons. The van der Waals surface area contributed by atoms with Crippen LogP contribution in [0, 0.1) is 0 Å². The summed E-state index contributed by atoms with van der Waals surface area (Å²) in [5.74, 6) is 1.48. The lowest BCUT2D eigenvalue weighted by Gasteiger charge is -2.14. The Morgan fingerprint density at radius 3 is 2.41 bits per heavy atom. The van der Waals surface area contributed by atoms with E-state index in [1.54, 1.807) is 13.2 Å². The monoisotopic (exact) mass is 304 g/mol. The Morgan fingerprint density at radius 2 is 1.77 bits per heavy atom. The van der Waals surface area contributed by atoms with E-state index in [4.69, 9.17) is 18.9 Å². The summed E-state index contributed by atoms with van der Waals surface area (Å²) in [7, 11) is 3.11. The molecule has 2 aromatic rings. The second-order valence-corrected chi connectivity index (χ2v) is 4.71. The second kappa shape index (κ2) is 7.54. The normalized spacial score (nSPS) is 10.3. The first-order valence-electron chi connectivity index (χ1n) is 7.19. The van der Waals surface area contributed by atoms with E-state index in [-0.39, 0.29) is 0 Å². The average Bonchev–Trinajstić information content (AvgIpc) is 2.54. The van der Waals surface area contributed by atoms with Crippen LogP contribution < -0.4 is 14.2 Å². The summed E-state index contributed by atoms with van der Waals surface area (Å²) in [6, 6.07) is 9.11. The molecule has 118 valence electrons. The lowest BCUT2D eigenvalue weighted by atomic mass is 10.1. The van der Waals surface area contributed by atoms with E-state index in [1.165, 1.54) is 7.11 Å². The number of hydrogen-bond acceptors (Lipinski definition) is 5. The lowest BCUT2D eigenvalue weighted by molar-refractivity contribution is 0.0982. The molecule has 0 saturated heterocycles. The first-order chi connectivity index (χ1) is 10.7. The highest BCUT2D eigenvalue weighted by atomic mass is 16.7. The van der Waals surface area contributed by atoms with Crippen LogP contribution in [0.1, 0.15) is 19.8 Å². The van der Waals surface area contributed by atoms with Crippen LogP contribution in [0.5, 0.6) is 17.2 Å². The minimum absolute atomic E-state index is 0.348. The number of unbranched alkanes of at least 4 members (excludes halogenated alkanes) is 1. The molecule has 0 aliphatic carbocycles. The molecule has 0 saturated carbocycles. The molecule has 0 N–H and O–H groups in total. The Labute approximate surface area is 129 Å². The summed E-state index contributed by atoms with van der Waals surface area (Å²) < 4.78 is 21.1. The predicted octanol–water partition coefficient (Wildman–Crippen LogP) is 4.17. The van der Waals surface area contributed by atoms with Gasteiger partial charge in [-0.05, 0) is 6.42 Å². The highest BCUT2D eigenvalue weighted by Crippen LogP contribution is 2.41. The van der Waals surface area contributed by atoms with Gasteiger partial charge in [-0.15, -0.1) is 0 Å². The Bertz CT molecular complexity index is 651. The van der Waals surface area contributed by atoms with Gasteiger partial charge in [-0.1, -0.05) is 37.6 Å². The minimum Gasteiger partial charge on any atom is -0.493 e. The zero-order valence-corrected chi connectivity index (χ0v) is 13.0. The molecule has 0 fully saturated rings. The molecule has 0 atom stereocenters. The highest BCUT2D eigenvalue weighted by molar-refractivity contribution is 5.96. The van der Waals surface area contributed by atoms with E-state index < -0.39 is 6.16 Å².